The van der Waals surface area contributed by atoms with Crippen LogP contribution in [0.4, 0.5) is 17.1 Å². The summed E-state index contributed by atoms with van der Waals surface area (Å²) in [7, 11) is 2.12. The zero-order valence-electron chi connectivity index (χ0n) is 17.6. The SMILES string of the molecule is C=Cc1cc(N=Cc2cc3ccccc3n2Cc2cccnc2)c2c(c1)NCCN2C. The van der Waals surface area contributed by atoms with Gasteiger partial charge in [0.2, 0.25) is 0 Å². The number of aromatic nitrogens is 2. The second kappa shape index (κ2) is 8.11. The highest BCUT2D eigenvalue weighted by molar-refractivity contribution is 5.94. The third kappa shape index (κ3) is 3.70. The summed E-state index contributed by atoms with van der Waals surface area (Å²) >= 11 is 0. The third-order valence-corrected chi connectivity index (χ3v) is 5.73. The van der Waals surface area contributed by atoms with Crippen LogP contribution in [0.1, 0.15) is 16.8 Å². The molecule has 154 valence electrons. The number of hydrogen-bond acceptors (Lipinski definition) is 4. The Morgan fingerprint density at radius 1 is 1.16 bits per heavy atom. The van der Waals surface area contributed by atoms with Crippen LogP contribution in [0.3, 0.4) is 0 Å². The van der Waals surface area contributed by atoms with Crippen molar-refractivity contribution in [3.05, 3.63) is 90.4 Å². The van der Waals surface area contributed by atoms with Crippen molar-refractivity contribution in [1.29, 1.82) is 0 Å². The van der Waals surface area contributed by atoms with Crippen molar-refractivity contribution in [3.8, 4) is 0 Å². The van der Waals surface area contributed by atoms with Gasteiger partial charge in [0, 0.05) is 50.0 Å². The molecule has 1 aliphatic heterocycles. The second-order valence-corrected chi connectivity index (χ2v) is 7.82. The van der Waals surface area contributed by atoms with E-state index in [1.54, 1.807) is 6.20 Å². The maximum absolute atomic E-state index is 4.96. The summed E-state index contributed by atoms with van der Waals surface area (Å²) in [5.74, 6) is 0. The average Bonchev–Trinajstić information content (AvgIpc) is 3.15. The Kier molecular flexibility index (Phi) is 5.00. The highest BCUT2D eigenvalue weighted by Gasteiger charge is 2.18. The molecule has 0 amide bonds. The molecule has 4 aromatic rings. The molecule has 3 heterocycles. The number of aliphatic imine (C=N–C) groups is 1. The Bertz CT molecular complexity index is 1270. The number of anilines is 2. The fourth-order valence-electron chi connectivity index (χ4n) is 4.19. The van der Waals surface area contributed by atoms with E-state index >= 15 is 0 Å². The number of nitrogens with zero attached hydrogens (tertiary/aromatic N) is 4. The van der Waals surface area contributed by atoms with E-state index in [0.29, 0.717) is 0 Å². The molecule has 0 saturated heterocycles. The van der Waals surface area contributed by atoms with Gasteiger partial charge in [0.15, 0.2) is 0 Å². The van der Waals surface area contributed by atoms with Gasteiger partial charge in [-0.25, -0.2) is 0 Å². The minimum Gasteiger partial charge on any atom is -0.382 e. The van der Waals surface area contributed by atoms with Crippen molar-refractivity contribution in [1.82, 2.24) is 9.55 Å². The van der Waals surface area contributed by atoms with E-state index in [1.165, 1.54) is 10.9 Å². The van der Waals surface area contributed by atoms with Crippen LogP contribution in [-0.4, -0.2) is 35.9 Å². The zero-order chi connectivity index (χ0) is 21.2. The van der Waals surface area contributed by atoms with Crippen molar-refractivity contribution >= 4 is 40.3 Å². The van der Waals surface area contributed by atoms with Crippen LogP contribution < -0.4 is 10.2 Å². The Balaban J connectivity index is 1.60. The molecule has 2 aromatic heterocycles. The smallest absolute Gasteiger partial charge is 0.0891 e. The normalized spacial score (nSPS) is 13.4. The van der Waals surface area contributed by atoms with E-state index in [0.717, 1.165) is 53.5 Å². The summed E-state index contributed by atoms with van der Waals surface area (Å²) in [4.78, 5) is 11.5. The van der Waals surface area contributed by atoms with Crippen LogP contribution in [0.2, 0.25) is 0 Å². The van der Waals surface area contributed by atoms with Crippen LogP contribution in [0.25, 0.3) is 17.0 Å². The maximum atomic E-state index is 4.96. The van der Waals surface area contributed by atoms with Gasteiger partial charge in [-0.05, 0) is 41.5 Å². The largest absolute Gasteiger partial charge is 0.382 e. The summed E-state index contributed by atoms with van der Waals surface area (Å²) in [6.45, 7) is 6.56. The molecule has 1 aliphatic rings. The van der Waals surface area contributed by atoms with Crippen LogP contribution >= 0.6 is 0 Å². The molecule has 0 spiro atoms. The molecule has 0 radical (unpaired) electrons. The number of nitrogens with one attached hydrogen (secondary N) is 1. The van der Waals surface area contributed by atoms with Gasteiger partial charge in [-0.1, -0.05) is 36.9 Å². The Hall–Kier alpha value is -3.86. The van der Waals surface area contributed by atoms with Gasteiger partial charge >= 0.3 is 0 Å². The lowest BCUT2D eigenvalue weighted by atomic mass is 10.1. The summed E-state index contributed by atoms with van der Waals surface area (Å²) in [6.07, 6.45) is 7.57. The number of likely N-dealkylation sites (N-methyl/N-ethyl adjacent to an activating group) is 1. The summed E-state index contributed by atoms with van der Waals surface area (Å²) in [6, 6.07) is 19.0. The van der Waals surface area contributed by atoms with Gasteiger partial charge in [-0.15, -0.1) is 0 Å². The first kappa shape index (κ1) is 19.1. The first-order valence-corrected chi connectivity index (χ1v) is 10.5. The number of fused-ring (bicyclic) bond motifs is 2. The maximum Gasteiger partial charge on any atom is 0.0891 e. The number of rotatable bonds is 5. The molecule has 0 fully saturated rings. The van der Waals surface area contributed by atoms with Crippen LogP contribution in [-0.2, 0) is 6.54 Å². The lowest BCUT2D eigenvalue weighted by Gasteiger charge is -2.30. The summed E-state index contributed by atoms with van der Waals surface area (Å²) < 4.78 is 2.29. The molecular weight excluding hydrogens is 382 g/mol. The van der Waals surface area contributed by atoms with Crippen LogP contribution in [0, 0.1) is 0 Å². The fraction of sp³-hybridized carbons (Fsp3) is 0.154. The van der Waals surface area contributed by atoms with E-state index in [1.807, 2.05) is 24.6 Å². The standard InChI is InChI=1S/C26H25N5/c1-3-19-13-23-26(30(2)12-11-28-23)24(14-19)29-17-22-15-21-8-4-5-9-25(21)31(22)18-20-7-6-10-27-16-20/h3-10,13-17,28H,1,11-12,18H2,2H3. The lowest BCUT2D eigenvalue weighted by molar-refractivity contribution is 0.825. The lowest BCUT2D eigenvalue weighted by Crippen LogP contribution is -2.30. The molecule has 0 unspecified atom stereocenters. The molecule has 0 atom stereocenters. The van der Waals surface area contributed by atoms with Gasteiger partial charge < -0.3 is 14.8 Å². The summed E-state index contributed by atoms with van der Waals surface area (Å²) in [5.41, 5.74) is 7.65. The predicted octanol–water partition coefficient (Wildman–Crippen LogP) is 5.34. The minimum absolute atomic E-state index is 0.745. The number of para-hydroxylation sites is 1. The number of hydrogen-bond donors (Lipinski definition) is 1. The van der Waals surface area contributed by atoms with E-state index in [9.17, 15) is 0 Å². The Morgan fingerprint density at radius 3 is 2.90 bits per heavy atom. The Labute approximate surface area is 182 Å². The van der Waals surface area contributed by atoms with Crippen molar-refractivity contribution in [2.24, 2.45) is 4.99 Å². The molecular formula is C26H25N5. The first-order valence-electron chi connectivity index (χ1n) is 10.5. The van der Waals surface area contributed by atoms with E-state index < -0.39 is 0 Å². The van der Waals surface area contributed by atoms with Gasteiger partial charge in [0.1, 0.15) is 0 Å². The summed E-state index contributed by atoms with van der Waals surface area (Å²) in [5, 5.41) is 4.70. The van der Waals surface area contributed by atoms with Gasteiger partial charge in [-0.2, -0.15) is 0 Å². The third-order valence-electron chi connectivity index (χ3n) is 5.73. The molecule has 0 aliphatic carbocycles. The molecule has 5 rings (SSSR count). The van der Waals surface area contributed by atoms with Crippen molar-refractivity contribution in [2.45, 2.75) is 6.54 Å². The van der Waals surface area contributed by atoms with Crippen molar-refractivity contribution < 1.29 is 0 Å². The highest BCUT2D eigenvalue weighted by atomic mass is 15.2. The Morgan fingerprint density at radius 2 is 2.06 bits per heavy atom. The topological polar surface area (TPSA) is 45.5 Å². The highest BCUT2D eigenvalue weighted by Crippen LogP contribution is 2.39. The second-order valence-electron chi connectivity index (χ2n) is 7.82. The van der Waals surface area contributed by atoms with Crippen LogP contribution in [0.15, 0.2) is 78.6 Å². The van der Waals surface area contributed by atoms with Crippen molar-refractivity contribution in [3.63, 3.8) is 0 Å². The number of pyridine rings is 1. The monoisotopic (exact) mass is 407 g/mol. The average molecular weight is 408 g/mol. The zero-order valence-corrected chi connectivity index (χ0v) is 17.6. The van der Waals surface area contributed by atoms with E-state index in [2.05, 4.69) is 81.9 Å². The molecule has 31 heavy (non-hydrogen) atoms. The molecule has 2 aromatic carbocycles. The van der Waals surface area contributed by atoms with Gasteiger partial charge in [0.25, 0.3) is 0 Å². The first-order chi connectivity index (χ1) is 15.2. The van der Waals surface area contributed by atoms with Gasteiger partial charge in [-0.3, -0.25) is 9.98 Å². The molecule has 5 nitrogen and oxygen atoms in total. The quantitative estimate of drug-likeness (QED) is 0.454. The van der Waals surface area contributed by atoms with Gasteiger partial charge in [0.05, 0.1) is 29.0 Å². The van der Waals surface area contributed by atoms with E-state index in [-0.39, 0.29) is 0 Å². The van der Waals surface area contributed by atoms with E-state index in [4.69, 9.17) is 4.99 Å². The molecule has 1 N–H and O–H groups in total. The fourth-order valence-corrected chi connectivity index (χ4v) is 4.19. The predicted molar refractivity (Wildman–Crippen MR) is 131 cm³/mol. The molecule has 0 bridgehead atoms. The van der Waals surface area contributed by atoms with Crippen LogP contribution in [0.5, 0.6) is 0 Å². The molecule has 0 saturated carbocycles. The minimum atomic E-state index is 0.745. The van der Waals surface area contributed by atoms with Crippen molar-refractivity contribution in [2.75, 3.05) is 30.4 Å². The molecule has 5 heteroatoms. The number of benzene rings is 2.